The van der Waals surface area contributed by atoms with Crippen LogP contribution in [0.5, 0.6) is 0 Å². The lowest BCUT2D eigenvalue weighted by Gasteiger charge is -2.35. The molecular weight excluding hydrogens is 340 g/mol. The number of rotatable bonds is 6. The quantitative estimate of drug-likeness (QED) is 0.811. The first kappa shape index (κ1) is 18.7. The molecule has 5 heteroatoms. The van der Waals surface area contributed by atoms with Gasteiger partial charge in [-0.25, -0.2) is 0 Å². The number of nitrogens with zero attached hydrogens (tertiary/aromatic N) is 1. The summed E-state index contributed by atoms with van der Waals surface area (Å²) in [5.41, 5.74) is 1.94. The summed E-state index contributed by atoms with van der Waals surface area (Å²) < 4.78 is 11.7. The Morgan fingerprint density at radius 3 is 2.67 bits per heavy atom. The first-order valence-electron chi connectivity index (χ1n) is 10.4. The number of benzene rings is 1. The molecule has 1 saturated heterocycles. The van der Waals surface area contributed by atoms with E-state index in [0.717, 1.165) is 42.8 Å². The molecule has 1 aliphatic carbocycles. The van der Waals surface area contributed by atoms with E-state index in [2.05, 4.69) is 10.5 Å². The zero-order valence-corrected chi connectivity index (χ0v) is 15.8. The van der Waals surface area contributed by atoms with Gasteiger partial charge in [0, 0.05) is 30.6 Å². The van der Waals surface area contributed by atoms with Crippen LogP contribution < -0.4 is 5.32 Å². The predicted octanol–water partition coefficient (Wildman–Crippen LogP) is 3.71. The van der Waals surface area contributed by atoms with Gasteiger partial charge in [0.15, 0.2) is 5.76 Å². The van der Waals surface area contributed by atoms with Crippen LogP contribution in [0.1, 0.15) is 50.6 Å². The maximum atomic E-state index is 10.3. The molecule has 0 unspecified atom stereocenters. The molecule has 5 nitrogen and oxygen atoms in total. The van der Waals surface area contributed by atoms with E-state index in [1.165, 1.54) is 32.1 Å². The lowest BCUT2D eigenvalue weighted by molar-refractivity contribution is -0.115. The summed E-state index contributed by atoms with van der Waals surface area (Å²) in [6, 6.07) is 12.6. The molecule has 146 valence electrons. The minimum atomic E-state index is -0.380. The molecule has 1 aromatic heterocycles. The minimum absolute atomic E-state index is 0.0836. The molecule has 2 fully saturated rings. The first-order chi connectivity index (χ1) is 13.3. The number of ether oxygens (including phenoxy) is 1. The highest BCUT2D eigenvalue weighted by molar-refractivity contribution is 5.56. The Balaban J connectivity index is 1.31. The molecule has 0 amide bonds. The third-order valence-corrected chi connectivity index (χ3v) is 5.85. The molecule has 1 saturated carbocycles. The zero-order chi connectivity index (χ0) is 18.5. The van der Waals surface area contributed by atoms with Gasteiger partial charge >= 0.3 is 0 Å². The SMILES string of the molecule is O[C@H]1CC[C@@H](Cc2cc(-c3ccccc3)on2)O[C@@H]1CNC1CCCCC1. The van der Waals surface area contributed by atoms with Gasteiger partial charge in [-0.3, -0.25) is 0 Å². The summed E-state index contributed by atoms with van der Waals surface area (Å²) in [5, 5.41) is 18.2. The number of nitrogens with one attached hydrogen (secondary N) is 1. The summed E-state index contributed by atoms with van der Waals surface area (Å²) >= 11 is 0. The normalized spacial score (nSPS) is 26.9. The largest absolute Gasteiger partial charge is 0.390 e. The maximum absolute atomic E-state index is 10.3. The molecule has 2 aliphatic rings. The summed E-state index contributed by atoms with van der Waals surface area (Å²) in [7, 11) is 0. The molecule has 0 radical (unpaired) electrons. The van der Waals surface area contributed by atoms with Gasteiger partial charge in [-0.15, -0.1) is 0 Å². The fraction of sp³-hybridized carbons (Fsp3) is 0.591. The third kappa shape index (κ3) is 4.98. The number of hydrogen-bond donors (Lipinski definition) is 2. The predicted molar refractivity (Wildman–Crippen MR) is 104 cm³/mol. The second kappa shape index (κ2) is 9.00. The van der Waals surface area contributed by atoms with E-state index < -0.39 is 0 Å². The monoisotopic (exact) mass is 370 g/mol. The van der Waals surface area contributed by atoms with Gasteiger partial charge in [-0.05, 0) is 25.7 Å². The Morgan fingerprint density at radius 2 is 1.85 bits per heavy atom. The molecule has 0 bridgehead atoms. The molecule has 27 heavy (non-hydrogen) atoms. The number of aromatic nitrogens is 1. The van der Waals surface area contributed by atoms with Crippen molar-refractivity contribution in [3.8, 4) is 11.3 Å². The second-order valence-corrected chi connectivity index (χ2v) is 7.94. The summed E-state index contributed by atoms with van der Waals surface area (Å²) in [6.07, 6.45) is 8.39. The number of hydrogen-bond acceptors (Lipinski definition) is 5. The van der Waals surface area contributed by atoms with E-state index in [4.69, 9.17) is 9.26 Å². The Hall–Kier alpha value is -1.69. The fourth-order valence-electron chi connectivity index (χ4n) is 4.25. The van der Waals surface area contributed by atoms with Crippen molar-refractivity contribution in [2.45, 2.75) is 75.7 Å². The molecular formula is C22H30N2O3. The Morgan fingerprint density at radius 1 is 1.04 bits per heavy atom. The Kier molecular flexibility index (Phi) is 6.22. The third-order valence-electron chi connectivity index (χ3n) is 5.85. The molecule has 1 aromatic carbocycles. The molecule has 4 rings (SSSR count). The number of aliphatic hydroxyl groups is 1. The van der Waals surface area contributed by atoms with Crippen LogP contribution in [0.2, 0.25) is 0 Å². The van der Waals surface area contributed by atoms with E-state index in [-0.39, 0.29) is 18.3 Å². The lowest BCUT2D eigenvalue weighted by Crippen LogP contribution is -2.47. The molecule has 2 aromatic rings. The van der Waals surface area contributed by atoms with Crippen LogP contribution in [0.4, 0.5) is 0 Å². The van der Waals surface area contributed by atoms with E-state index >= 15 is 0 Å². The maximum Gasteiger partial charge on any atom is 0.167 e. The minimum Gasteiger partial charge on any atom is -0.390 e. The van der Waals surface area contributed by atoms with E-state index in [0.29, 0.717) is 6.04 Å². The van der Waals surface area contributed by atoms with Crippen LogP contribution in [0, 0.1) is 0 Å². The fourth-order valence-corrected chi connectivity index (χ4v) is 4.25. The highest BCUT2D eigenvalue weighted by atomic mass is 16.5. The van der Waals surface area contributed by atoms with Gasteiger partial charge in [-0.1, -0.05) is 54.8 Å². The Labute approximate surface area is 161 Å². The van der Waals surface area contributed by atoms with E-state index in [1.54, 1.807) is 0 Å². The summed E-state index contributed by atoms with van der Waals surface area (Å²) in [4.78, 5) is 0. The molecule has 0 spiro atoms. The van der Waals surface area contributed by atoms with Crippen molar-refractivity contribution >= 4 is 0 Å². The first-order valence-corrected chi connectivity index (χ1v) is 10.4. The Bertz CT molecular complexity index is 697. The van der Waals surface area contributed by atoms with Crippen LogP contribution in [-0.4, -0.2) is 41.2 Å². The van der Waals surface area contributed by atoms with Crippen molar-refractivity contribution < 1.29 is 14.4 Å². The van der Waals surface area contributed by atoms with Gasteiger partial charge in [-0.2, -0.15) is 0 Å². The highest BCUT2D eigenvalue weighted by Gasteiger charge is 2.31. The topological polar surface area (TPSA) is 67.5 Å². The van der Waals surface area contributed by atoms with Crippen molar-refractivity contribution in [1.29, 1.82) is 0 Å². The van der Waals surface area contributed by atoms with Crippen LogP contribution in [-0.2, 0) is 11.2 Å². The van der Waals surface area contributed by atoms with Crippen LogP contribution in [0.25, 0.3) is 11.3 Å². The summed E-state index contributed by atoms with van der Waals surface area (Å²) in [6.45, 7) is 0.733. The van der Waals surface area contributed by atoms with Crippen molar-refractivity contribution in [2.75, 3.05) is 6.54 Å². The van der Waals surface area contributed by atoms with Crippen LogP contribution in [0.3, 0.4) is 0 Å². The van der Waals surface area contributed by atoms with E-state index in [9.17, 15) is 5.11 Å². The van der Waals surface area contributed by atoms with E-state index in [1.807, 2.05) is 36.4 Å². The van der Waals surface area contributed by atoms with Gasteiger partial charge in [0.05, 0.1) is 24.0 Å². The second-order valence-electron chi connectivity index (χ2n) is 7.94. The van der Waals surface area contributed by atoms with Gasteiger partial charge < -0.3 is 19.7 Å². The van der Waals surface area contributed by atoms with Crippen molar-refractivity contribution in [2.24, 2.45) is 0 Å². The summed E-state index contributed by atoms with van der Waals surface area (Å²) in [5.74, 6) is 0.789. The van der Waals surface area contributed by atoms with Crippen LogP contribution in [0.15, 0.2) is 40.9 Å². The zero-order valence-electron chi connectivity index (χ0n) is 15.8. The lowest BCUT2D eigenvalue weighted by atomic mass is 9.94. The van der Waals surface area contributed by atoms with Crippen molar-refractivity contribution in [1.82, 2.24) is 10.5 Å². The van der Waals surface area contributed by atoms with Crippen molar-refractivity contribution in [3.63, 3.8) is 0 Å². The highest BCUT2D eigenvalue weighted by Crippen LogP contribution is 2.25. The molecule has 2 N–H and O–H groups in total. The van der Waals surface area contributed by atoms with Gasteiger partial charge in [0.2, 0.25) is 0 Å². The van der Waals surface area contributed by atoms with Gasteiger partial charge in [0.25, 0.3) is 0 Å². The van der Waals surface area contributed by atoms with Crippen molar-refractivity contribution in [3.05, 3.63) is 42.1 Å². The molecule has 2 heterocycles. The van der Waals surface area contributed by atoms with Crippen LogP contribution >= 0.6 is 0 Å². The standard InChI is InChI=1S/C22H30N2O3/c25-20-12-11-19(26-22(20)15-23-17-9-5-2-6-10-17)13-18-14-21(27-24-18)16-7-3-1-4-8-16/h1,3-4,7-8,14,17,19-20,22-23,25H,2,5-6,9-13,15H2/t19-,20-,22+/m0/s1. The smallest absolute Gasteiger partial charge is 0.167 e. The number of aliphatic hydroxyl groups excluding tert-OH is 1. The molecule has 1 aliphatic heterocycles. The molecule has 3 atom stereocenters. The average molecular weight is 370 g/mol. The average Bonchev–Trinajstić information content (AvgIpc) is 3.18. The van der Waals surface area contributed by atoms with Gasteiger partial charge in [0.1, 0.15) is 0 Å².